The molecular formula is C19H25ClN2O2. The van der Waals surface area contributed by atoms with E-state index in [4.69, 9.17) is 10.5 Å². The van der Waals surface area contributed by atoms with Gasteiger partial charge in [0.2, 0.25) is 0 Å². The van der Waals surface area contributed by atoms with Gasteiger partial charge in [0.1, 0.15) is 5.75 Å². The number of rotatable bonds is 7. The molecule has 2 rings (SSSR count). The quantitative estimate of drug-likeness (QED) is 0.804. The molecule has 2 aromatic rings. The maximum Gasteiger partial charge on any atom is 0.251 e. The van der Waals surface area contributed by atoms with E-state index in [-0.39, 0.29) is 18.3 Å². The van der Waals surface area contributed by atoms with Gasteiger partial charge >= 0.3 is 0 Å². The molecule has 0 radical (unpaired) electrons. The van der Waals surface area contributed by atoms with E-state index in [0.717, 1.165) is 17.7 Å². The summed E-state index contributed by atoms with van der Waals surface area (Å²) in [6.45, 7) is 3.29. The van der Waals surface area contributed by atoms with E-state index in [0.29, 0.717) is 24.6 Å². The van der Waals surface area contributed by atoms with Gasteiger partial charge in [-0.2, -0.15) is 0 Å². The molecule has 0 bridgehead atoms. The van der Waals surface area contributed by atoms with Crippen molar-refractivity contribution in [3.05, 3.63) is 65.2 Å². The van der Waals surface area contributed by atoms with Crippen LogP contribution in [0.15, 0.2) is 48.5 Å². The van der Waals surface area contributed by atoms with Gasteiger partial charge < -0.3 is 15.8 Å². The van der Waals surface area contributed by atoms with Crippen LogP contribution in [0, 0.1) is 0 Å². The van der Waals surface area contributed by atoms with E-state index in [9.17, 15) is 4.79 Å². The van der Waals surface area contributed by atoms with Gasteiger partial charge in [0.05, 0.1) is 7.11 Å². The number of nitrogens with two attached hydrogens (primary N) is 1. The second-order valence-electron chi connectivity index (χ2n) is 5.62. The predicted molar refractivity (Wildman–Crippen MR) is 99.9 cm³/mol. The van der Waals surface area contributed by atoms with Crippen molar-refractivity contribution in [2.24, 2.45) is 5.73 Å². The molecule has 0 aromatic heterocycles. The van der Waals surface area contributed by atoms with E-state index >= 15 is 0 Å². The molecule has 0 aliphatic carbocycles. The molecule has 0 heterocycles. The summed E-state index contributed by atoms with van der Waals surface area (Å²) in [4.78, 5) is 12.1. The Hall–Kier alpha value is -2.04. The monoisotopic (exact) mass is 348 g/mol. The number of amides is 1. The predicted octanol–water partition coefficient (Wildman–Crippen LogP) is 3.50. The van der Waals surface area contributed by atoms with Gasteiger partial charge in [0.25, 0.3) is 5.91 Å². The Kier molecular flexibility index (Phi) is 8.30. The first-order valence-corrected chi connectivity index (χ1v) is 7.85. The van der Waals surface area contributed by atoms with Gasteiger partial charge in [-0.25, -0.2) is 0 Å². The maximum absolute atomic E-state index is 12.1. The maximum atomic E-state index is 12.1. The standard InChI is InChI=1S/C19H24N2O2.ClH/c1-14(16-7-9-18(23-2)10-8-16)11-12-21-19(22)17-5-3-15(13-20)4-6-17;/h3-10,14H,11-13,20H2,1-2H3,(H,21,22);1H. The molecular weight excluding hydrogens is 324 g/mol. The lowest BCUT2D eigenvalue weighted by atomic mass is 9.98. The first kappa shape index (κ1) is 20.0. The van der Waals surface area contributed by atoms with Crippen molar-refractivity contribution in [2.75, 3.05) is 13.7 Å². The summed E-state index contributed by atoms with van der Waals surface area (Å²) >= 11 is 0. The zero-order valence-corrected chi connectivity index (χ0v) is 14.9. The Morgan fingerprint density at radius 2 is 1.75 bits per heavy atom. The largest absolute Gasteiger partial charge is 0.497 e. The van der Waals surface area contributed by atoms with Gasteiger partial charge in [0.15, 0.2) is 0 Å². The molecule has 130 valence electrons. The van der Waals surface area contributed by atoms with Gasteiger partial charge in [-0.3, -0.25) is 4.79 Å². The number of halogens is 1. The van der Waals surface area contributed by atoms with Crippen LogP contribution in [0.4, 0.5) is 0 Å². The number of methoxy groups -OCH3 is 1. The van der Waals surface area contributed by atoms with Crippen molar-refractivity contribution in [3.8, 4) is 5.75 Å². The first-order valence-electron chi connectivity index (χ1n) is 7.85. The number of hydrogen-bond donors (Lipinski definition) is 2. The van der Waals surface area contributed by atoms with Gasteiger partial charge in [0, 0.05) is 18.7 Å². The van der Waals surface area contributed by atoms with Crippen molar-refractivity contribution < 1.29 is 9.53 Å². The Morgan fingerprint density at radius 1 is 1.12 bits per heavy atom. The minimum Gasteiger partial charge on any atom is -0.497 e. The lowest BCUT2D eigenvalue weighted by molar-refractivity contribution is 0.0952. The lowest BCUT2D eigenvalue weighted by Gasteiger charge is -2.13. The molecule has 0 saturated heterocycles. The molecule has 1 unspecified atom stereocenters. The molecule has 1 amide bonds. The summed E-state index contributed by atoms with van der Waals surface area (Å²) < 4.78 is 5.16. The van der Waals surface area contributed by atoms with Crippen LogP contribution in [0.3, 0.4) is 0 Å². The average Bonchev–Trinajstić information content (AvgIpc) is 2.61. The average molecular weight is 349 g/mol. The van der Waals surface area contributed by atoms with E-state index in [1.165, 1.54) is 5.56 Å². The minimum absolute atomic E-state index is 0. The van der Waals surface area contributed by atoms with Crippen molar-refractivity contribution in [2.45, 2.75) is 25.8 Å². The number of ether oxygens (including phenoxy) is 1. The summed E-state index contributed by atoms with van der Waals surface area (Å²) in [6, 6.07) is 15.4. The number of hydrogen-bond acceptors (Lipinski definition) is 3. The number of benzene rings is 2. The third kappa shape index (κ3) is 5.55. The number of nitrogens with one attached hydrogen (secondary N) is 1. The zero-order valence-electron chi connectivity index (χ0n) is 14.1. The SMILES string of the molecule is COc1ccc(C(C)CCNC(=O)c2ccc(CN)cc2)cc1.Cl. The Morgan fingerprint density at radius 3 is 2.29 bits per heavy atom. The van der Waals surface area contributed by atoms with Crippen LogP contribution in [0.2, 0.25) is 0 Å². The second-order valence-corrected chi connectivity index (χ2v) is 5.62. The zero-order chi connectivity index (χ0) is 16.7. The Balaban J connectivity index is 0.00000288. The van der Waals surface area contributed by atoms with Crippen LogP contribution >= 0.6 is 12.4 Å². The molecule has 24 heavy (non-hydrogen) atoms. The van der Waals surface area contributed by atoms with E-state index in [1.807, 2.05) is 36.4 Å². The number of carbonyl (C=O) groups excluding carboxylic acids is 1. The van der Waals surface area contributed by atoms with Crippen LogP contribution in [0.1, 0.15) is 40.7 Å². The molecule has 0 fully saturated rings. The topological polar surface area (TPSA) is 64.3 Å². The fourth-order valence-corrected chi connectivity index (χ4v) is 2.40. The van der Waals surface area contributed by atoms with Gasteiger partial charge in [-0.15, -0.1) is 12.4 Å². The van der Waals surface area contributed by atoms with Crippen LogP contribution in [0.25, 0.3) is 0 Å². The van der Waals surface area contributed by atoms with Crippen LogP contribution in [-0.2, 0) is 6.54 Å². The third-order valence-corrected chi connectivity index (χ3v) is 4.00. The molecule has 0 aliphatic rings. The fourth-order valence-electron chi connectivity index (χ4n) is 2.40. The summed E-state index contributed by atoms with van der Waals surface area (Å²) in [6.07, 6.45) is 0.888. The lowest BCUT2D eigenvalue weighted by Crippen LogP contribution is -2.25. The smallest absolute Gasteiger partial charge is 0.251 e. The van der Waals surface area contributed by atoms with Crippen molar-refractivity contribution in [3.63, 3.8) is 0 Å². The highest BCUT2D eigenvalue weighted by molar-refractivity contribution is 5.94. The molecule has 0 saturated carbocycles. The molecule has 5 heteroatoms. The van der Waals surface area contributed by atoms with Gasteiger partial charge in [-0.1, -0.05) is 31.2 Å². The van der Waals surface area contributed by atoms with Gasteiger partial charge in [-0.05, 0) is 47.7 Å². The molecule has 1 atom stereocenters. The van der Waals surface area contributed by atoms with E-state index in [1.54, 1.807) is 7.11 Å². The Bertz CT molecular complexity index is 627. The van der Waals surface area contributed by atoms with Crippen molar-refractivity contribution in [1.29, 1.82) is 0 Å². The Labute approximate surface area is 149 Å². The summed E-state index contributed by atoms with van der Waals surface area (Å²) in [5.74, 6) is 1.19. The molecule has 3 N–H and O–H groups in total. The summed E-state index contributed by atoms with van der Waals surface area (Å²) in [7, 11) is 1.66. The minimum atomic E-state index is -0.0458. The third-order valence-electron chi connectivity index (χ3n) is 4.00. The van der Waals surface area contributed by atoms with Crippen molar-refractivity contribution >= 4 is 18.3 Å². The number of carbonyl (C=O) groups is 1. The highest BCUT2D eigenvalue weighted by atomic mass is 35.5. The molecule has 4 nitrogen and oxygen atoms in total. The molecule has 2 aromatic carbocycles. The fraction of sp³-hybridized carbons (Fsp3) is 0.316. The van der Waals surface area contributed by atoms with E-state index < -0.39 is 0 Å². The molecule has 0 spiro atoms. The first-order chi connectivity index (χ1) is 11.1. The van der Waals surface area contributed by atoms with Crippen LogP contribution in [-0.4, -0.2) is 19.6 Å². The second kappa shape index (κ2) is 9.96. The highest BCUT2D eigenvalue weighted by Crippen LogP contribution is 2.21. The van der Waals surface area contributed by atoms with Crippen LogP contribution in [0.5, 0.6) is 5.75 Å². The summed E-state index contributed by atoms with van der Waals surface area (Å²) in [5, 5.41) is 2.96. The normalized spacial score (nSPS) is 11.3. The van der Waals surface area contributed by atoms with E-state index in [2.05, 4.69) is 24.4 Å². The molecule has 0 aliphatic heterocycles. The van der Waals surface area contributed by atoms with Crippen molar-refractivity contribution in [1.82, 2.24) is 5.32 Å². The summed E-state index contributed by atoms with van der Waals surface area (Å²) in [5.41, 5.74) is 8.49. The highest BCUT2D eigenvalue weighted by Gasteiger charge is 2.08. The van der Waals surface area contributed by atoms with Crippen LogP contribution < -0.4 is 15.8 Å².